The zero-order valence-corrected chi connectivity index (χ0v) is 15.0. The summed E-state index contributed by atoms with van der Waals surface area (Å²) in [6.07, 6.45) is 5.36. The van der Waals surface area contributed by atoms with Crippen LogP contribution in [0.15, 0.2) is 0 Å². The van der Waals surface area contributed by atoms with E-state index in [1.54, 1.807) is 21.6 Å². The van der Waals surface area contributed by atoms with Gasteiger partial charge in [0.2, 0.25) is 0 Å². The molecule has 0 unspecified atom stereocenters. The van der Waals surface area contributed by atoms with E-state index < -0.39 is 20.2 Å². The van der Waals surface area contributed by atoms with Gasteiger partial charge in [-0.25, -0.2) is 0 Å². The molecule has 0 rings (SSSR count). The summed E-state index contributed by atoms with van der Waals surface area (Å²) in [5.41, 5.74) is 0. The van der Waals surface area contributed by atoms with Crippen LogP contribution in [0.1, 0.15) is 25.7 Å². The molecule has 0 atom stereocenters. The van der Waals surface area contributed by atoms with Crippen LogP contribution in [-0.4, -0.2) is 54.1 Å². The molecule has 0 fully saturated rings. The van der Waals surface area contributed by atoms with Crippen LogP contribution in [-0.2, 0) is 28.6 Å². The van der Waals surface area contributed by atoms with Gasteiger partial charge in [0.15, 0.2) is 0 Å². The summed E-state index contributed by atoms with van der Waals surface area (Å²) >= 11 is 0. The highest BCUT2D eigenvalue weighted by atomic mass is 33.1. The molecule has 0 aliphatic heterocycles. The fourth-order valence-electron chi connectivity index (χ4n) is 1.06. The van der Waals surface area contributed by atoms with E-state index in [1.807, 2.05) is 0 Å². The van der Waals surface area contributed by atoms with Crippen LogP contribution in [0.5, 0.6) is 0 Å². The van der Waals surface area contributed by atoms with E-state index in [4.69, 9.17) is 0 Å². The van der Waals surface area contributed by atoms with E-state index in [1.165, 1.54) is 0 Å². The maximum Gasteiger partial charge on any atom is 0.264 e. The molecular formula is C10H22O6S4. The van der Waals surface area contributed by atoms with E-state index in [9.17, 15) is 16.8 Å². The SMILES string of the molecule is CS(=O)(=O)OCCCCSSCCCCOS(C)(=O)=O. The summed E-state index contributed by atoms with van der Waals surface area (Å²) in [4.78, 5) is 0. The van der Waals surface area contributed by atoms with Crippen molar-refractivity contribution in [2.45, 2.75) is 25.7 Å². The van der Waals surface area contributed by atoms with Crippen molar-refractivity contribution >= 4 is 41.8 Å². The molecule has 0 saturated carbocycles. The lowest BCUT2D eigenvalue weighted by Crippen LogP contribution is -2.04. The third kappa shape index (κ3) is 18.5. The molecule has 0 spiro atoms. The number of hydrogen-bond donors (Lipinski definition) is 0. The Bertz CT molecular complexity index is 389. The second-order valence-electron chi connectivity index (χ2n) is 4.11. The molecule has 0 radical (unpaired) electrons. The van der Waals surface area contributed by atoms with Gasteiger partial charge in [0.1, 0.15) is 0 Å². The van der Waals surface area contributed by atoms with Crippen molar-refractivity contribution < 1.29 is 25.2 Å². The van der Waals surface area contributed by atoms with Crippen LogP contribution in [0.3, 0.4) is 0 Å². The number of unbranched alkanes of at least 4 members (excludes halogenated alkanes) is 2. The molecule has 0 aliphatic carbocycles. The lowest BCUT2D eigenvalue weighted by molar-refractivity contribution is 0.314. The summed E-state index contributed by atoms with van der Waals surface area (Å²) in [5, 5.41) is 0. The lowest BCUT2D eigenvalue weighted by atomic mass is 10.4. The normalized spacial score (nSPS) is 12.7. The Kier molecular flexibility index (Phi) is 11.4. The van der Waals surface area contributed by atoms with Gasteiger partial charge in [0, 0.05) is 11.5 Å². The molecule has 0 aromatic carbocycles. The molecule has 122 valence electrons. The van der Waals surface area contributed by atoms with Gasteiger partial charge >= 0.3 is 0 Å². The molecule has 0 amide bonds. The summed E-state index contributed by atoms with van der Waals surface area (Å²) < 4.78 is 51.9. The van der Waals surface area contributed by atoms with Gasteiger partial charge in [-0.1, -0.05) is 21.6 Å². The van der Waals surface area contributed by atoms with Crippen molar-refractivity contribution in [1.29, 1.82) is 0 Å². The van der Waals surface area contributed by atoms with Crippen LogP contribution in [0.2, 0.25) is 0 Å². The van der Waals surface area contributed by atoms with Gasteiger partial charge in [-0.15, -0.1) is 0 Å². The minimum atomic E-state index is -3.31. The largest absolute Gasteiger partial charge is 0.270 e. The molecule has 0 aliphatic rings. The molecule has 10 heteroatoms. The summed E-state index contributed by atoms with van der Waals surface area (Å²) in [6.45, 7) is 0.486. The third-order valence-electron chi connectivity index (χ3n) is 1.92. The maximum atomic E-state index is 10.7. The summed E-state index contributed by atoms with van der Waals surface area (Å²) in [7, 11) is -3.17. The smallest absolute Gasteiger partial charge is 0.264 e. The van der Waals surface area contributed by atoms with Crippen molar-refractivity contribution in [3.05, 3.63) is 0 Å². The number of rotatable bonds is 13. The van der Waals surface area contributed by atoms with E-state index >= 15 is 0 Å². The van der Waals surface area contributed by atoms with Crippen molar-refractivity contribution in [2.24, 2.45) is 0 Å². The topological polar surface area (TPSA) is 86.7 Å². The van der Waals surface area contributed by atoms with Crippen LogP contribution in [0.4, 0.5) is 0 Å². The van der Waals surface area contributed by atoms with E-state index in [0.29, 0.717) is 0 Å². The van der Waals surface area contributed by atoms with Crippen molar-refractivity contribution in [2.75, 3.05) is 37.2 Å². The first-order valence-corrected chi connectivity index (χ1v) is 12.3. The van der Waals surface area contributed by atoms with E-state index in [0.717, 1.165) is 49.7 Å². The van der Waals surface area contributed by atoms with Gasteiger partial charge < -0.3 is 0 Å². The van der Waals surface area contributed by atoms with Gasteiger partial charge in [-0.05, 0) is 25.7 Å². The van der Waals surface area contributed by atoms with Gasteiger partial charge in [-0.3, -0.25) is 8.37 Å². The molecule has 6 nitrogen and oxygen atoms in total. The Hall–Kier alpha value is 0.520. The third-order valence-corrected chi connectivity index (χ3v) is 5.69. The predicted octanol–water partition coefficient (Wildman–Crippen LogP) is 1.88. The summed E-state index contributed by atoms with van der Waals surface area (Å²) in [5.74, 6) is 1.88. The average molecular weight is 367 g/mol. The van der Waals surface area contributed by atoms with Gasteiger partial charge in [0.25, 0.3) is 20.2 Å². The fraction of sp³-hybridized carbons (Fsp3) is 1.00. The second-order valence-corrected chi connectivity index (χ2v) is 10.1. The molecule has 0 bridgehead atoms. The van der Waals surface area contributed by atoms with E-state index in [2.05, 4.69) is 8.37 Å². The molecule has 0 heterocycles. The maximum absolute atomic E-state index is 10.7. The van der Waals surface area contributed by atoms with Crippen LogP contribution in [0.25, 0.3) is 0 Å². The molecule has 20 heavy (non-hydrogen) atoms. The molecule has 0 aromatic rings. The monoisotopic (exact) mass is 366 g/mol. The second kappa shape index (κ2) is 11.1. The first-order chi connectivity index (χ1) is 9.21. The quantitative estimate of drug-likeness (QED) is 0.277. The zero-order valence-electron chi connectivity index (χ0n) is 11.7. The van der Waals surface area contributed by atoms with Gasteiger partial charge in [0.05, 0.1) is 25.7 Å². The standard InChI is InChI=1S/C10H22O6S4/c1-19(11,12)15-7-3-5-9-17-18-10-6-4-8-16-20(2,13)14/h3-10H2,1-2H3. The van der Waals surface area contributed by atoms with Gasteiger partial charge in [-0.2, -0.15) is 16.8 Å². The highest BCUT2D eigenvalue weighted by Gasteiger charge is 2.01. The molecule has 0 saturated heterocycles. The Balaban J connectivity index is 3.18. The predicted molar refractivity (Wildman–Crippen MR) is 85.0 cm³/mol. The highest BCUT2D eigenvalue weighted by molar-refractivity contribution is 8.76. The lowest BCUT2D eigenvalue weighted by Gasteiger charge is -2.03. The minimum Gasteiger partial charge on any atom is -0.270 e. The van der Waals surface area contributed by atoms with Crippen LogP contribution >= 0.6 is 21.6 Å². The van der Waals surface area contributed by atoms with Crippen LogP contribution in [0, 0.1) is 0 Å². The molecule has 0 aromatic heterocycles. The summed E-state index contributed by atoms with van der Waals surface area (Å²) in [6, 6.07) is 0. The van der Waals surface area contributed by atoms with Crippen molar-refractivity contribution in [1.82, 2.24) is 0 Å². The average Bonchev–Trinajstić information content (AvgIpc) is 2.27. The first-order valence-electron chi connectivity index (χ1n) is 6.14. The molecular weight excluding hydrogens is 344 g/mol. The first kappa shape index (κ1) is 20.5. The Labute approximate surface area is 130 Å². The Morgan fingerprint density at radius 1 is 0.700 bits per heavy atom. The van der Waals surface area contributed by atoms with Crippen LogP contribution < -0.4 is 0 Å². The fourth-order valence-corrected chi connectivity index (χ4v) is 4.20. The Morgan fingerprint density at radius 2 is 1.05 bits per heavy atom. The van der Waals surface area contributed by atoms with Crippen molar-refractivity contribution in [3.8, 4) is 0 Å². The minimum absolute atomic E-state index is 0.243. The Morgan fingerprint density at radius 3 is 1.35 bits per heavy atom. The van der Waals surface area contributed by atoms with E-state index in [-0.39, 0.29) is 13.2 Å². The highest BCUT2D eigenvalue weighted by Crippen LogP contribution is 2.23. The zero-order chi connectivity index (χ0) is 15.5. The molecule has 0 N–H and O–H groups in total. The van der Waals surface area contributed by atoms with Crippen molar-refractivity contribution in [3.63, 3.8) is 0 Å². The number of hydrogen-bond acceptors (Lipinski definition) is 8.